The molecular formula is C16H24N2O. The van der Waals surface area contributed by atoms with Crippen LogP contribution in [-0.2, 0) is 10.2 Å². The van der Waals surface area contributed by atoms with E-state index in [1.807, 2.05) is 25.2 Å². The molecule has 2 N–H and O–H groups in total. The molecule has 0 saturated carbocycles. The van der Waals surface area contributed by atoms with Crippen molar-refractivity contribution in [2.75, 3.05) is 18.9 Å². The van der Waals surface area contributed by atoms with Gasteiger partial charge in [0.25, 0.3) is 0 Å². The molecular weight excluding hydrogens is 236 g/mol. The molecule has 1 heterocycles. The molecule has 2 atom stereocenters. The maximum atomic E-state index is 12.6. The van der Waals surface area contributed by atoms with Crippen LogP contribution in [0, 0.1) is 5.92 Å². The molecule has 0 saturated heterocycles. The standard InChI is InChI=1S/C16H24N2O/c1-4-9-16(10-12(2)11-17-3)13-7-5-6-8-14(13)18-15(16)19/h5-8,12,17H,4,9-11H2,1-3H3,(H,18,19)/t12?,16-/m1/s1. The van der Waals surface area contributed by atoms with Crippen molar-refractivity contribution in [2.45, 2.75) is 38.5 Å². The SMILES string of the molecule is CCC[C@]1(CC(C)CNC)C(=O)Nc2ccccc21. The molecule has 0 fully saturated rings. The highest BCUT2D eigenvalue weighted by molar-refractivity contribution is 6.06. The Morgan fingerprint density at radius 3 is 2.79 bits per heavy atom. The second kappa shape index (κ2) is 5.74. The summed E-state index contributed by atoms with van der Waals surface area (Å²) in [6, 6.07) is 8.13. The molecule has 1 aromatic rings. The molecule has 1 amide bonds. The molecule has 0 radical (unpaired) electrons. The first-order chi connectivity index (χ1) is 9.14. The molecule has 19 heavy (non-hydrogen) atoms. The van der Waals surface area contributed by atoms with Crippen molar-refractivity contribution in [1.29, 1.82) is 0 Å². The maximum absolute atomic E-state index is 12.6. The smallest absolute Gasteiger partial charge is 0.235 e. The summed E-state index contributed by atoms with van der Waals surface area (Å²) < 4.78 is 0. The van der Waals surface area contributed by atoms with Gasteiger partial charge in [0.2, 0.25) is 5.91 Å². The third kappa shape index (κ3) is 2.52. The summed E-state index contributed by atoms with van der Waals surface area (Å²) in [4.78, 5) is 12.6. The van der Waals surface area contributed by atoms with Crippen LogP contribution in [0.4, 0.5) is 5.69 Å². The summed E-state index contributed by atoms with van der Waals surface area (Å²) in [5.74, 6) is 0.659. The summed E-state index contributed by atoms with van der Waals surface area (Å²) in [5.41, 5.74) is 1.85. The number of rotatable bonds is 6. The van der Waals surface area contributed by atoms with Crippen molar-refractivity contribution in [3.8, 4) is 0 Å². The highest BCUT2D eigenvalue weighted by Crippen LogP contribution is 2.45. The summed E-state index contributed by atoms with van der Waals surface area (Å²) in [7, 11) is 1.96. The number of anilines is 1. The maximum Gasteiger partial charge on any atom is 0.235 e. The molecule has 0 aliphatic carbocycles. The van der Waals surface area contributed by atoms with Gasteiger partial charge in [-0.3, -0.25) is 4.79 Å². The molecule has 104 valence electrons. The predicted octanol–water partition coefficient (Wildman–Crippen LogP) is 2.92. The van der Waals surface area contributed by atoms with Crippen molar-refractivity contribution in [3.63, 3.8) is 0 Å². The van der Waals surface area contributed by atoms with Gasteiger partial charge in [-0.2, -0.15) is 0 Å². The quantitative estimate of drug-likeness (QED) is 0.825. The Morgan fingerprint density at radius 2 is 2.11 bits per heavy atom. The van der Waals surface area contributed by atoms with Crippen molar-refractivity contribution >= 4 is 11.6 Å². The highest BCUT2D eigenvalue weighted by atomic mass is 16.2. The van der Waals surface area contributed by atoms with Crippen LogP contribution < -0.4 is 10.6 Å². The van der Waals surface area contributed by atoms with Gasteiger partial charge in [0.05, 0.1) is 5.41 Å². The fourth-order valence-corrected chi connectivity index (χ4v) is 3.37. The van der Waals surface area contributed by atoms with Gasteiger partial charge >= 0.3 is 0 Å². The summed E-state index contributed by atoms with van der Waals surface area (Å²) >= 11 is 0. The number of amides is 1. The van der Waals surface area contributed by atoms with E-state index in [4.69, 9.17) is 0 Å². The predicted molar refractivity (Wildman–Crippen MR) is 79.4 cm³/mol. The Kier molecular flexibility index (Phi) is 4.25. The van der Waals surface area contributed by atoms with Gasteiger partial charge in [0.1, 0.15) is 0 Å². The average molecular weight is 260 g/mol. The number of carbonyl (C=O) groups excluding carboxylic acids is 1. The molecule has 1 unspecified atom stereocenters. The highest BCUT2D eigenvalue weighted by Gasteiger charge is 2.46. The summed E-state index contributed by atoms with van der Waals surface area (Å²) in [6.45, 7) is 5.31. The third-order valence-corrected chi connectivity index (χ3v) is 4.05. The second-order valence-electron chi connectivity index (χ2n) is 5.70. The normalized spacial score (nSPS) is 23.0. The largest absolute Gasteiger partial charge is 0.325 e. The lowest BCUT2D eigenvalue weighted by Crippen LogP contribution is -2.37. The van der Waals surface area contributed by atoms with Crippen LogP contribution in [0.25, 0.3) is 0 Å². The molecule has 1 aliphatic heterocycles. The number of hydrogen-bond donors (Lipinski definition) is 2. The van der Waals surface area contributed by atoms with Gasteiger partial charge in [-0.1, -0.05) is 38.5 Å². The zero-order valence-corrected chi connectivity index (χ0v) is 12.1. The number of fused-ring (bicyclic) bond motifs is 1. The van der Waals surface area contributed by atoms with Gasteiger partial charge in [-0.05, 0) is 44.0 Å². The van der Waals surface area contributed by atoms with E-state index in [-0.39, 0.29) is 11.3 Å². The monoisotopic (exact) mass is 260 g/mol. The van der Waals surface area contributed by atoms with Gasteiger partial charge < -0.3 is 10.6 Å². The number of carbonyl (C=O) groups is 1. The van der Waals surface area contributed by atoms with E-state index in [1.165, 1.54) is 5.56 Å². The van der Waals surface area contributed by atoms with Gasteiger partial charge in [0, 0.05) is 5.69 Å². The Bertz CT molecular complexity index is 458. The number of nitrogens with one attached hydrogen (secondary N) is 2. The van der Waals surface area contributed by atoms with E-state index in [0.29, 0.717) is 5.92 Å². The number of hydrogen-bond acceptors (Lipinski definition) is 2. The number of para-hydroxylation sites is 1. The van der Waals surface area contributed by atoms with E-state index in [0.717, 1.165) is 31.5 Å². The molecule has 0 spiro atoms. The molecule has 1 aromatic carbocycles. The molecule has 0 aromatic heterocycles. The van der Waals surface area contributed by atoms with Crippen molar-refractivity contribution in [1.82, 2.24) is 5.32 Å². The van der Waals surface area contributed by atoms with Crippen LogP contribution in [0.5, 0.6) is 0 Å². The fourth-order valence-electron chi connectivity index (χ4n) is 3.37. The van der Waals surface area contributed by atoms with Crippen LogP contribution in [0.1, 0.15) is 38.7 Å². The number of benzene rings is 1. The zero-order valence-electron chi connectivity index (χ0n) is 12.1. The minimum Gasteiger partial charge on any atom is -0.325 e. The summed E-state index contributed by atoms with van der Waals surface area (Å²) in [5, 5.41) is 6.27. The van der Waals surface area contributed by atoms with E-state index < -0.39 is 0 Å². The molecule has 1 aliphatic rings. The third-order valence-electron chi connectivity index (χ3n) is 4.05. The summed E-state index contributed by atoms with van der Waals surface area (Å²) in [6.07, 6.45) is 2.85. The molecule has 3 heteroatoms. The van der Waals surface area contributed by atoms with Crippen LogP contribution in [0.3, 0.4) is 0 Å². The Balaban J connectivity index is 2.35. The first-order valence-corrected chi connectivity index (χ1v) is 7.19. The molecule has 0 bridgehead atoms. The van der Waals surface area contributed by atoms with Crippen LogP contribution in [0.2, 0.25) is 0 Å². The van der Waals surface area contributed by atoms with E-state index in [9.17, 15) is 4.79 Å². The lowest BCUT2D eigenvalue weighted by molar-refractivity contribution is -0.121. The van der Waals surface area contributed by atoms with Crippen molar-refractivity contribution < 1.29 is 4.79 Å². The minimum absolute atomic E-state index is 0.179. The molecule has 2 rings (SSSR count). The lowest BCUT2D eigenvalue weighted by Gasteiger charge is -2.30. The van der Waals surface area contributed by atoms with E-state index >= 15 is 0 Å². The van der Waals surface area contributed by atoms with Crippen LogP contribution >= 0.6 is 0 Å². The van der Waals surface area contributed by atoms with Crippen LogP contribution in [-0.4, -0.2) is 19.5 Å². The molecule has 3 nitrogen and oxygen atoms in total. The van der Waals surface area contributed by atoms with Crippen LogP contribution in [0.15, 0.2) is 24.3 Å². The minimum atomic E-state index is -0.332. The van der Waals surface area contributed by atoms with Crippen molar-refractivity contribution in [3.05, 3.63) is 29.8 Å². The lowest BCUT2D eigenvalue weighted by atomic mass is 9.72. The van der Waals surface area contributed by atoms with E-state index in [2.05, 4.69) is 30.5 Å². The van der Waals surface area contributed by atoms with Gasteiger partial charge in [-0.25, -0.2) is 0 Å². The Morgan fingerprint density at radius 1 is 1.37 bits per heavy atom. The van der Waals surface area contributed by atoms with Gasteiger partial charge in [0.15, 0.2) is 0 Å². The van der Waals surface area contributed by atoms with Crippen molar-refractivity contribution in [2.24, 2.45) is 5.92 Å². The average Bonchev–Trinajstić information content (AvgIpc) is 2.64. The first kappa shape index (κ1) is 14.1. The second-order valence-corrected chi connectivity index (χ2v) is 5.70. The first-order valence-electron chi connectivity index (χ1n) is 7.19. The van der Waals surface area contributed by atoms with E-state index in [1.54, 1.807) is 0 Å². The van der Waals surface area contributed by atoms with Gasteiger partial charge in [-0.15, -0.1) is 0 Å². The zero-order chi connectivity index (χ0) is 13.9. The fraction of sp³-hybridized carbons (Fsp3) is 0.562. The topological polar surface area (TPSA) is 41.1 Å². The Hall–Kier alpha value is -1.35. The Labute approximate surface area is 115 Å².